The molecule has 1 saturated heterocycles. The molecular weight excluding hydrogens is 378 g/mol. The number of amides is 1. The van der Waals surface area contributed by atoms with E-state index in [2.05, 4.69) is 32.6 Å². The number of likely N-dealkylation sites (tertiary alicyclic amines) is 1. The summed E-state index contributed by atoms with van der Waals surface area (Å²) < 4.78 is 5.68. The molecule has 1 aromatic carbocycles. The zero-order valence-corrected chi connectivity index (χ0v) is 17.8. The van der Waals surface area contributed by atoms with E-state index in [-0.39, 0.29) is 5.91 Å². The SMILES string of the molecule is CNC(=O)c1ccnc(CNCC2CCN(C)C2)c1N=CCOCc1ccccc1. The third-order valence-electron chi connectivity index (χ3n) is 5.21. The Balaban J connectivity index is 1.61. The maximum Gasteiger partial charge on any atom is 0.253 e. The van der Waals surface area contributed by atoms with Crippen molar-refractivity contribution in [2.24, 2.45) is 10.9 Å². The molecule has 0 spiro atoms. The molecule has 1 fully saturated rings. The van der Waals surface area contributed by atoms with Crippen LogP contribution in [0.15, 0.2) is 47.6 Å². The Morgan fingerprint density at radius 2 is 2.17 bits per heavy atom. The second-order valence-corrected chi connectivity index (χ2v) is 7.59. The van der Waals surface area contributed by atoms with Crippen LogP contribution >= 0.6 is 0 Å². The number of ether oxygens (including phenoxy) is 1. The van der Waals surface area contributed by atoms with Gasteiger partial charge in [0.25, 0.3) is 5.91 Å². The first-order valence-electron chi connectivity index (χ1n) is 10.4. The molecule has 0 radical (unpaired) electrons. The van der Waals surface area contributed by atoms with Crippen molar-refractivity contribution < 1.29 is 9.53 Å². The second kappa shape index (κ2) is 11.5. The van der Waals surface area contributed by atoms with Gasteiger partial charge in [-0.2, -0.15) is 0 Å². The Bertz CT molecular complexity index is 841. The summed E-state index contributed by atoms with van der Waals surface area (Å²) in [6.45, 7) is 4.64. The highest BCUT2D eigenvalue weighted by Gasteiger charge is 2.19. The van der Waals surface area contributed by atoms with Gasteiger partial charge in [-0.1, -0.05) is 30.3 Å². The monoisotopic (exact) mass is 409 g/mol. The number of aliphatic imine (C=N–C) groups is 1. The minimum atomic E-state index is -0.173. The summed E-state index contributed by atoms with van der Waals surface area (Å²) in [5, 5.41) is 6.17. The van der Waals surface area contributed by atoms with Crippen LogP contribution in [0.1, 0.15) is 28.0 Å². The summed E-state index contributed by atoms with van der Waals surface area (Å²) in [4.78, 5) is 23.7. The average Bonchev–Trinajstić information content (AvgIpc) is 3.19. The minimum absolute atomic E-state index is 0.173. The summed E-state index contributed by atoms with van der Waals surface area (Å²) >= 11 is 0. The zero-order chi connectivity index (χ0) is 21.2. The van der Waals surface area contributed by atoms with Crippen LogP contribution in [0.2, 0.25) is 0 Å². The summed E-state index contributed by atoms with van der Waals surface area (Å²) in [6.07, 6.45) is 4.57. The molecule has 0 aliphatic carbocycles. The quantitative estimate of drug-likeness (QED) is 0.465. The number of aromatic nitrogens is 1. The van der Waals surface area contributed by atoms with E-state index in [1.807, 2.05) is 30.3 Å². The number of hydrogen-bond donors (Lipinski definition) is 2. The molecule has 2 N–H and O–H groups in total. The normalized spacial score (nSPS) is 16.9. The maximum absolute atomic E-state index is 12.3. The maximum atomic E-state index is 12.3. The van der Waals surface area contributed by atoms with Crippen LogP contribution in [0.3, 0.4) is 0 Å². The standard InChI is InChI=1S/C23H31N5O2/c1-24-23(29)20-8-10-26-21(15-25-14-19-9-12-28(2)16-19)22(20)27-11-13-30-17-18-6-4-3-5-7-18/h3-8,10-11,19,25H,9,12-17H2,1-2H3,(H,24,29). The molecule has 0 bridgehead atoms. The van der Waals surface area contributed by atoms with Gasteiger partial charge in [0.2, 0.25) is 0 Å². The topological polar surface area (TPSA) is 78.9 Å². The molecule has 30 heavy (non-hydrogen) atoms. The Kier molecular flexibility index (Phi) is 8.50. The van der Waals surface area contributed by atoms with E-state index in [0.29, 0.717) is 36.9 Å². The highest BCUT2D eigenvalue weighted by molar-refractivity contribution is 5.99. The Morgan fingerprint density at radius 3 is 2.90 bits per heavy atom. The number of carbonyl (C=O) groups excluding carboxylic acids is 1. The Labute approximate surface area is 178 Å². The number of pyridine rings is 1. The van der Waals surface area contributed by atoms with Gasteiger partial charge < -0.3 is 20.3 Å². The summed E-state index contributed by atoms with van der Waals surface area (Å²) in [7, 11) is 3.77. The van der Waals surface area contributed by atoms with Crippen LogP contribution in [0, 0.1) is 5.92 Å². The van der Waals surface area contributed by atoms with Gasteiger partial charge in [0.05, 0.1) is 30.2 Å². The minimum Gasteiger partial charge on any atom is -0.371 e. The first kappa shape index (κ1) is 22.1. The van der Waals surface area contributed by atoms with Crippen LogP contribution in [-0.2, 0) is 17.9 Å². The van der Waals surface area contributed by atoms with E-state index < -0.39 is 0 Å². The van der Waals surface area contributed by atoms with E-state index in [9.17, 15) is 4.79 Å². The molecule has 0 saturated carbocycles. The van der Waals surface area contributed by atoms with Crippen LogP contribution in [0.25, 0.3) is 0 Å². The number of hydrogen-bond acceptors (Lipinski definition) is 6. The highest BCUT2D eigenvalue weighted by Crippen LogP contribution is 2.23. The number of carbonyl (C=O) groups is 1. The van der Waals surface area contributed by atoms with Gasteiger partial charge in [-0.05, 0) is 44.1 Å². The molecule has 2 aromatic rings. The first-order chi connectivity index (χ1) is 14.7. The predicted molar refractivity (Wildman–Crippen MR) is 119 cm³/mol. The lowest BCUT2D eigenvalue weighted by Gasteiger charge is -2.13. The summed E-state index contributed by atoms with van der Waals surface area (Å²) in [5.74, 6) is 0.476. The van der Waals surface area contributed by atoms with E-state index in [1.165, 1.54) is 6.42 Å². The highest BCUT2D eigenvalue weighted by atomic mass is 16.5. The number of rotatable bonds is 10. The molecule has 1 atom stereocenters. The Hall–Kier alpha value is -2.61. The van der Waals surface area contributed by atoms with Crippen molar-refractivity contribution in [1.82, 2.24) is 20.5 Å². The first-order valence-corrected chi connectivity index (χ1v) is 10.4. The fourth-order valence-electron chi connectivity index (χ4n) is 3.61. The van der Waals surface area contributed by atoms with Crippen LogP contribution < -0.4 is 10.6 Å². The smallest absolute Gasteiger partial charge is 0.253 e. The molecule has 2 heterocycles. The largest absolute Gasteiger partial charge is 0.371 e. The molecule has 7 heteroatoms. The molecule has 160 valence electrons. The third-order valence-corrected chi connectivity index (χ3v) is 5.21. The number of nitrogens with one attached hydrogen (secondary N) is 2. The molecule has 3 rings (SSSR count). The van der Waals surface area contributed by atoms with E-state index in [4.69, 9.17) is 4.74 Å². The van der Waals surface area contributed by atoms with Gasteiger partial charge in [0, 0.05) is 32.5 Å². The third kappa shape index (κ3) is 6.45. The predicted octanol–water partition coefficient (Wildman–Crippen LogP) is 2.40. The van der Waals surface area contributed by atoms with Gasteiger partial charge in [-0.15, -0.1) is 0 Å². The number of benzene rings is 1. The van der Waals surface area contributed by atoms with Gasteiger partial charge in [0.15, 0.2) is 0 Å². The van der Waals surface area contributed by atoms with Gasteiger partial charge in [-0.25, -0.2) is 0 Å². The van der Waals surface area contributed by atoms with E-state index >= 15 is 0 Å². The van der Waals surface area contributed by atoms with E-state index in [1.54, 1.807) is 25.5 Å². The fourth-order valence-corrected chi connectivity index (χ4v) is 3.61. The van der Waals surface area contributed by atoms with Crippen molar-refractivity contribution in [2.45, 2.75) is 19.6 Å². The lowest BCUT2D eigenvalue weighted by molar-refractivity contribution is 0.0963. The summed E-state index contributed by atoms with van der Waals surface area (Å²) in [6, 6.07) is 11.7. The van der Waals surface area contributed by atoms with Gasteiger partial charge in [-0.3, -0.25) is 14.8 Å². The molecule has 1 aliphatic heterocycles. The number of nitrogens with zero attached hydrogens (tertiary/aromatic N) is 3. The van der Waals surface area contributed by atoms with Crippen molar-refractivity contribution in [3.05, 3.63) is 59.4 Å². The lowest BCUT2D eigenvalue weighted by atomic mass is 10.1. The van der Waals surface area contributed by atoms with Crippen molar-refractivity contribution in [3.63, 3.8) is 0 Å². The van der Waals surface area contributed by atoms with Crippen molar-refractivity contribution in [1.29, 1.82) is 0 Å². The van der Waals surface area contributed by atoms with Crippen LogP contribution in [0.5, 0.6) is 0 Å². The molecule has 1 aromatic heterocycles. The van der Waals surface area contributed by atoms with E-state index in [0.717, 1.165) is 30.9 Å². The molecular formula is C23H31N5O2. The van der Waals surface area contributed by atoms with Crippen LogP contribution in [-0.4, -0.2) is 62.3 Å². The van der Waals surface area contributed by atoms with Gasteiger partial charge >= 0.3 is 0 Å². The summed E-state index contributed by atoms with van der Waals surface area (Å²) in [5.41, 5.74) is 2.99. The molecule has 1 amide bonds. The lowest BCUT2D eigenvalue weighted by Crippen LogP contribution is -2.25. The zero-order valence-electron chi connectivity index (χ0n) is 17.8. The van der Waals surface area contributed by atoms with Crippen molar-refractivity contribution in [3.8, 4) is 0 Å². The fraction of sp³-hybridized carbons (Fsp3) is 0.435. The average molecular weight is 410 g/mol. The van der Waals surface area contributed by atoms with Crippen LogP contribution in [0.4, 0.5) is 5.69 Å². The van der Waals surface area contributed by atoms with Crippen molar-refractivity contribution >= 4 is 17.8 Å². The van der Waals surface area contributed by atoms with Gasteiger partial charge in [0.1, 0.15) is 0 Å². The molecule has 7 nitrogen and oxygen atoms in total. The van der Waals surface area contributed by atoms with Crippen molar-refractivity contribution in [2.75, 3.05) is 40.3 Å². The molecule has 1 aliphatic rings. The second-order valence-electron chi connectivity index (χ2n) is 7.59. The Morgan fingerprint density at radius 1 is 1.33 bits per heavy atom. The molecule has 1 unspecified atom stereocenters.